The molecule has 2 aromatic carbocycles. The van der Waals surface area contributed by atoms with E-state index in [1.807, 2.05) is 6.92 Å². The Labute approximate surface area is 239 Å². The molecule has 0 spiro atoms. The SMILES string of the molecule is C=CCOC(=O)c1sc(N2C(=O)C(O)=C(C(=O)c3cc4cccc(OC)c4o3)C2c2ccc(OCC)cc2)nc1C. The normalized spacial score (nSPS) is 15.0. The molecule has 1 aliphatic rings. The number of aliphatic hydroxyl groups is 1. The highest BCUT2D eigenvalue weighted by Gasteiger charge is 2.47. The van der Waals surface area contributed by atoms with Gasteiger partial charge in [-0.25, -0.2) is 9.78 Å². The van der Waals surface area contributed by atoms with E-state index in [2.05, 4.69) is 11.6 Å². The monoisotopic (exact) mass is 574 g/mol. The number of aromatic nitrogens is 1. The molecule has 2 aromatic heterocycles. The first-order valence-electron chi connectivity index (χ1n) is 12.6. The summed E-state index contributed by atoms with van der Waals surface area (Å²) in [5, 5.41) is 11.8. The average Bonchev–Trinajstić information content (AvgIpc) is 3.65. The molecule has 1 atom stereocenters. The van der Waals surface area contributed by atoms with Crippen molar-refractivity contribution in [3.05, 3.63) is 94.4 Å². The molecule has 41 heavy (non-hydrogen) atoms. The lowest BCUT2D eigenvalue weighted by Gasteiger charge is -2.24. The van der Waals surface area contributed by atoms with Gasteiger partial charge in [0.15, 0.2) is 28.0 Å². The Morgan fingerprint density at radius 1 is 1.22 bits per heavy atom. The third-order valence-electron chi connectivity index (χ3n) is 6.42. The summed E-state index contributed by atoms with van der Waals surface area (Å²) in [7, 11) is 1.49. The number of rotatable bonds is 10. The summed E-state index contributed by atoms with van der Waals surface area (Å²) in [6.45, 7) is 7.46. The van der Waals surface area contributed by atoms with Gasteiger partial charge in [-0.05, 0) is 43.7 Å². The first-order chi connectivity index (χ1) is 19.8. The molecule has 4 aromatic rings. The van der Waals surface area contributed by atoms with Crippen molar-refractivity contribution in [3.8, 4) is 11.5 Å². The number of furan rings is 1. The van der Waals surface area contributed by atoms with Crippen LogP contribution >= 0.6 is 11.3 Å². The number of methoxy groups -OCH3 is 1. The number of nitrogens with zero attached hydrogens (tertiary/aromatic N) is 2. The lowest BCUT2D eigenvalue weighted by molar-refractivity contribution is -0.117. The van der Waals surface area contributed by atoms with Crippen LogP contribution in [0.15, 0.2) is 76.9 Å². The van der Waals surface area contributed by atoms with E-state index in [1.54, 1.807) is 49.4 Å². The minimum Gasteiger partial charge on any atom is -0.503 e. The number of ether oxygens (including phenoxy) is 3. The van der Waals surface area contributed by atoms with Gasteiger partial charge in [0.05, 0.1) is 31.0 Å². The maximum atomic E-state index is 13.9. The van der Waals surface area contributed by atoms with Crippen molar-refractivity contribution in [2.75, 3.05) is 25.2 Å². The number of Topliss-reactive ketones (excluding diaryl/α,β-unsaturated/α-hetero) is 1. The van der Waals surface area contributed by atoms with E-state index in [0.29, 0.717) is 40.3 Å². The number of anilines is 1. The van der Waals surface area contributed by atoms with Crippen molar-refractivity contribution in [2.24, 2.45) is 0 Å². The van der Waals surface area contributed by atoms with Crippen LogP contribution in [0.4, 0.5) is 5.13 Å². The molecule has 11 heteroatoms. The molecule has 210 valence electrons. The molecule has 10 nitrogen and oxygen atoms in total. The fraction of sp³-hybridized carbons (Fsp3) is 0.200. The molecular formula is C30H26N2O8S. The van der Waals surface area contributed by atoms with Gasteiger partial charge in [0.25, 0.3) is 5.91 Å². The number of aliphatic hydroxyl groups excluding tert-OH is 1. The molecule has 0 bridgehead atoms. The molecule has 1 unspecified atom stereocenters. The molecule has 1 N–H and O–H groups in total. The predicted octanol–water partition coefficient (Wildman–Crippen LogP) is 5.73. The highest BCUT2D eigenvalue weighted by Crippen LogP contribution is 2.44. The molecule has 5 rings (SSSR count). The molecule has 1 aliphatic heterocycles. The standard InChI is InChI=1S/C30H26N2O8S/c1-5-14-39-29(36)27-16(3)31-30(41-27)32-23(17-10-12-19(13-11-17)38-6-2)22(25(34)28(32)35)24(33)21-15-18-8-7-9-20(37-4)26(18)40-21/h5,7-13,15,23,34H,1,6,14H2,2-4H3. The van der Waals surface area contributed by atoms with E-state index in [-0.39, 0.29) is 27.9 Å². The van der Waals surface area contributed by atoms with Gasteiger partial charge < -0.3 is 23.7 Å². The second kappa shape index (κ2) is 11.3. The smallest absolute Gasteiger partial charge is 0.350 e. The fourth-order valence-electron chi connectivity index (χ4n) is 4.58. The van der Waals surface area contributed by atoms with Gasteiger partial charge in [0, 0.05) is 5.39 Å². The molecule has 0 saturated carbocycles. The molecule has 0 fully saturated rings. The first-order valence-corrected chi connectivity index (χ1v) is 13.5. The van der Waals surface area contributed by atoms with Crippen molar-refractivity contribution in [1.82, 2.24) is 4.98 Å². The number of aryl methyl sites for hydroxylation is 1. The van der Waals surface area contributed by atoms with E-state index in [0.717, 1.165) is 11.3 Å². The minimum absolute atomic E-state index is 0.00619. The van der Waals surface area contributed by atoms with Crippen LogP contribution in [-0.2, 0) is 9.53 Å². The van der Waals surface area contributed by atoms with Crippen LogP contribution < -0.4 is 14.4 Å². The average molecular weight is 575 g/mol. The number of thiazole rings is 1. The van der Waals surface area contributed by atoms with Gasteiger partial charge in [-0.15, -0.1) is 0 Å². The van der Waals surface area contributed by atoms with E-state index in [1.165, 1.54) is 24.2 Å². The van der Waals surface area contributed by atoms with Crippen LogP contribution in [0.1, 0.15) is 44.4 Å². The number of esters is 1. The van der Waals surface area contributed by atoms with Crippen LogP contribution in [0.5, 0.6) is 11.5 Å². The zero-order chi connectivity index (χ0) is 29.3. The largest absolute Gasteiger partial charge is 0.503 e. The van der Waals surface area contributed by atoms with Crippen molar-refractivity contribution in [2.45, 2.75) is 19.9 Å². The Hall–Kier alpha value is -4.90. The summed E-state index contributed by atoms with van der Waals surface area (Å²) in [4.78, 5) is 45.9. The van der Waals surface area contributed by atoms with Gasteiger partial charge in [-0.3, -0.25) is 14.5 Å². The molecule has 0 radical (unpaired) electrons. The highest BCUT2D eigenvalue weighted by molar-refractivity contribution is 7.17. The highest BCUT2D eigenvalue weighted by atomic mass is 32.1. The number of amides is 1. The lowest BCUT2D eigenvalue weighted by atomic mass is 9.95. The van der Waals surface area contributed by atoms with Crippen molar-refractivity contribution >= 4 is 45.1 Å². The third kappa shape index (κ3) is 4.95. The molecule has 1 amide bonds. The summed E-state index contributed by atoms with van der Waals surface area (Å²) < 4.78 is 21.9. The number of benzene rings is 2. The molecule has 3 heterocycles. The number of hydrogen-bond donors (Lipinski definition) is 1. The number of carbonyl (C=O) groups excluding carboxylic acids is 3. The van der Waals surface area contributed by atoms with Crippen molar-refractivity contribution in [3.63, 3.8) is 0 Å². The topological polar surface area (TPSA) is 128 Å². The Bertz CT molecular complexity index is 1700. The van der Waals surface area contributed by atoms with Crippen LogP contribution in [-0.4, -0.2) is 48.1 Å². The van der Waals surface area contributed by atoms with Crippen LogP contribution in [0.25, 0.3) is 11.0 Å². The lowest BCUT2D eigenvalue weighted by Crippen LogP contribution is -2.31. The molecule has 0 saturated heterocycles. The zero-order valence-electron chi connectivity index (χ0n) is 22.5. The Balaban J connectivity index is 1.61. The molecule has 0 aliphatic carbocycles. The molecular weight excluding hydrogens is 548 g/mol. The summed E-state index contributed by atoms with van der Waals surface area (Å²) in [5.74, 6) is -1.96. The number of carbonyl (C=O) groups is 3. The number of fused-ring (bicyclic) bond motifs is 1. The summed E-state index contributed by atoms with van der Waals surface area (Å²) >= 11 is 0.921. The Morgan fingerprint density at radius 3 is 2.66 bits per heavy atom. The second-order valence-electron chi connectivity index (χ2n) is 8.96. The van der Waals surface area contributed by atoms with E-state index in [4.69, 9.17) is 18.6 Å². The Morgan fingerprint density at radius 2 is 1.98 bits per heavy atom. The maximum absolute atomic E-state index is 13.9. The summed E-state index contributed by atoms with van der Waals surface area (Å²) in [6, 6.07) is 12.5. The summed E-state index contributed by atoms with van der Waals surface area (Å²) in [5.41, 5.74) is 1.00. The number of hydrogen-bond acceptors (Lipinski definition) is 10. The van der Waals surface area contributed by atoms with Gasteiger partial charge in [0.2, 0.25) is 5.78 Å². The van der Waals surface area contributed by atoms with Gasteiger partial charge in [-0.2, -0.15) is 0 Å². The van der Waals surface area contributed by atoms with Gasteiger partial charge in [-0.1, -0.05) is 48.3 Å². The van der Waals surface area contributed by atoms with E-state index < -0.39 is 29.5 Å². The second-order valence-corrected chi connectivity index (χ2v) is 9.94. The van der Waals surface area contributed by atoms with E-state index in [9.17, 15) is 19.5 Å². The number of ketones is 1. The van der Waals surface area contributed by atoms with Crippen molar-refractivity contribution < 1.29 is 38.1 Å². The van der Waals surface area contributed by atoms with Crippen molar-refractivity contribution in [1.29, 1.82) is 0 Å². The van der Waals surface area contributed by atoms with Gasteiger partial charge in [0.1, 0.15) is 17.2 Å². The van der Waals surface area contributed by atoms with Gasteiger partial charge >= 0.3 is 5.97 Å². The van der Waals surface area contributed by atoms with E-state index >= 15 is 0 Å². The fourth-order valence-corrected chi connectivity index (χ4v) is 5.57. The van der Waals surface area contributed by atoms with Crippen LogP contribution in [0.3, 0.4) is 0 Å². The third-order valence-corrected chi connectivity index (χ3v) is 7.56. The first kappa shape index (κ1) is 27.7. The maximum Gasteiger partial charge on any atom is 0.350 e. The Kier molecular flexibility index (Phi) is 7.62. The predicted molar refractivity (Wildman–Crippen MR) is 152 cm³/mol. The number of para-hydroxylation sites is 1. The minimum atomic E-state index is -1.08. The van der Waals surface area contributed by atoms with Crippen LogP contribution in [0, 0.1) is 6.92 Å². The summed E-state index contributed by atoms with van der Waals surface area (Å²) in [6.07, 6.45) is 1.44. The zero-order valence-corrected chi connectivity index (χ0v) is 23.3. The van der Waals surface area contributed by atoms with Crippen LogP contribution in [0.2, 0.25) is 0 Å². The quantitative estimate of drug-likeness (QED) is 0.143.